The number of hydrazone groups is 1. The van der Waals surface area contributed by atoms with Crippen LogP contribution in [0.1, 0.15) is 59.8 Å². The predicted octanol–water partition coefficient (Wildman–Crippen LogP) is 3.02. The SMILES string of the molecule is CN(CC1=NN(CC2(C)CCCC2)C(=O)C1)C(=O)OC(C)(C)C. The van der Waals surface area contributed by atoms with Crippen molar-refractivity contribution in [3.63, 3.8) is 0 Å². The Morgan fingerprint density at radius 3 is 2.52 bits per heavy atom. The van der Waals surface area contributed by atoms with Crippen molar-refractivity contribution in [1.29, 1.82) is 0 Å². The number of hydrogen-bond acceptors (Lipinski definition) is 4. The van der Waals surface area contributed by atoms with E-state index < -0.39 is 11.7 Å². The van der Waals surface area contributed by atoms with Crippen LogP contribution in [0, 0.1) is 5.41 Å². The van der Waals surface area contributed by atoms with Gasteiger partial charge in [0, 0.05) is 13.6 Å². The molecule has 0 radical (unpaired) electrons. The van der Waals surface area contributed by atoms with E-state index in [-0.39, 0.29) is 11.3 Å². The van der Waals surface area contributed by atoms with Crippen LogP contribution < -0.4 is 0 Å². The topological polar surface area (TPSA) is 62.2 Å². The summed E-state index contributed by atoms with van der Waals surface area (Å²) in [6.07, 6.45) is 4.67. The number of rotatable bonds is 4. The summed E-state index contributed by atoms with van der Waals surface area (Å²) in [7, 11) is 1.67. The lowest BCUT2D eigenvalue weighted by atomic mass is 9.89. The third kappa shape index (κ3) is 4.94. The van der Waals surface area contributed by atoms with Gasteiger partial charge in [0.15, 0.2) is 0 Å². The highest BCUT2D eigenvalue weighted by Gasteiger charge is 2.35. The molecule has 6 heteroatoms. The first kappa shape index (κ1) is 17.8. The van der Waals surface area contributed by atoms with Crippen molar-refractivity contribution in [2.75, 3.05) is 20.1 Å². The first-order valence-electron chi connectivity index (χ1n) is 8.39. The maximum absolute atomic E-state index is 12.2. The lowest BCUT2D eigenvalue weighted by Crippen LogP contribution is -2.37. The Labute approximate surface area is 138 Å². The molecule has 2 amide bonds. The molecule has 0 N–H and O–H groups in total. The molecule has 1 aliphatic carbocycles. The van der Waals surface area contributed by atoms with Gasteiger partial charge in [0.1, 0.15) is 5.60 Å². The molecule has 0 bridgehead atoms. The van der Waals surface area contributed by atoms with Crippen LogP contribution in [0.25, 0.3) is 0 Å². The van der Waals surface area contributed by atoms with Gasteiger partial charge in [-0.1, -0.05) is 19.8 Å². The van der Waals surface area contributed by atoms with Gasteiger partial charge in [-0.3, -0.25) is 4.79 Å². The van der Waals surface area contributed by atoms with Crippen LogP contribution in [0.2, 0.25) is 0 Å². The second kappa shape index (κ2) is 6.49. The Hall–Kier alpha value is -1.59. The molecule has 2 aliphatic rings. The Morgan fingerprint density at radius 1 is 1.35 bits per heavy atom. The van der Waals surface area contributed by atoms with Crippen LogP contribution in [0.3, 0.4) is 0 Å². The van der Waals surface area contributed by atoms with E-state index in [1.807, 2.05) is 20.8 Å². The standard InChI is InChI=1S/C17H29N3O3/c1-16(2,3)23-15(22)19(5)11-13-10-14(21)20(18-13)12-17(4)8-6-7-9-17/h6-12H2,1-5H3. The Balaban J connectivity index is 1.92. The number of nitrogens with zero attached hydrogens (tertiary/aromatic N) is 3. The average molecular weight is 323 g/mol. The van der Waals surface area contributed by atoms with Gasteiger partial charge in [-0.05, 0) is 39.0 Å². The maximum Gasteiger partial charge on any atom is 0.410 e. The molecule has 0 saturated heterocycles. The zero-order valence-corrected chi connectivity index (χ0v) is 15.0. The molecule has 0 aromatic rings. The van der Waals surface area contributed by atoms with E-state index in [0.29, 0.717) is 19.5 Å². The molecule has 6 nitrogen and oxygen atoms in total. The highest BCUT2D eigenvalue weighted by atomic mass is 16.6. The molecule has 0 aromatic heterocycles. The van der Waals surface area contributed by atoms with E-state index in [9.17, 15) is 9.59 Å². The normalized spacial score (nSPS) is 20.7. The fourth-order valence-electron chi connectivity index (χ4n) is 3.17. The van der Waals surface area contributed by atoms with Gasteiger partial charge in [-0.25, -0.2) is 9.80 Å². The van der Waals surface area contributed by atoms with Crippen molar-refractivity contribution >= 4 is 17.7 Å². The minimum atomic E-state index is -0.526. The first-order chi connectivity index (χ1) is 10.6. The molecule has 0 unspecified atom stereocenters. The summed E-state index contributed by atoms with van der Waals surface area (Å²) < 4.78 is 5.32. The molecule has 0 spiro atoms. The van der Waals surface area contributed by atoms with Crippen LogP contribution in [0.5, 0.6) is 0 Å². The van der Waals surface area contributed by atoms with Crippen molar-refractivity contribution in [3.8, 4) is 0 Å². The van der Waals surface area contributed by atoms with Crippen LogP contribution >= 0.6 is 0 Å². The quantitative estimate of drug-likeness (QED) is 0.799. The summed E-state index contributed by atoms with van der Waals surface area (Å²) in [5, 5.41) is 6.05. The zero-order valence-electron chi connectivity index (χ0n) is 15.0. The summed E-state index contributed by atoms with van der Waals surface area (Å²) in [5.74, 6) is 0.0331. The summed E-state index contributed by atoms with van der Waals surface area (Å²) in [6.45, 7) is 8.74. The molecule has 1 saturated carbocycles. The smallest absolute Gasteiger partial charge is 0.410 e. The number of carbonyl (C=O) groups excluding carboxylic acids is 2. The maximum atomic E-state index is 12.2. The summed E-state index contributed by atoms with van der Waals surface area (Å²) in [4.78, 5) is 25.6. The fourth-order valence-corrected chi connectivity index (χ4v) is 3.17. The van der Waals surface area contributed by atoms with Gasteiger partial charge in [0.25, 0.3) is 0 Å². The molecule has 1 fully saturated rings. The Bertz CT molecular complexity index is 502. The van der Waals surface area contributed by atoms with Crippen molar-refractivity contribution < 1.29 is 14.3 Å². The van der Waals surface area contributed by atoms with E-state index in [1.54, 1.807) is 12.1 Å². The third-order valence-corrected chi connectivity index (χ3v) is 4.37. The van der Waals surface area contributed by atoms with Crippen LogP contribution in [0.4, 0.5) is 4.79 Å². The van der Waals surface area contributed by atoms with Gasteiger partial charge >= 0.3 is 6.09 Å². The van der Waals surface area contributed by atoms with Crippen molar-refractivity contribution in [2.24, 2.45) is 10.5 Å². The molecule has 0 atom stereocenters. The second-order valence-electron chi connectivity index (χ2n) is 8.15. The summed E-state index contributed by atoms with van der Waals surface area (Å²) in [5.41, 5.74) is 0.387. The average Bonchev–Trinajstić information content (AvgIpc) is 2.95. The van der Waals surface area contributed by atoms with E-state index in [4.69, 9.17) is 4.74 Å². The molecule has 2 rings (SSSR count). The lowest BCUT2D eigenvalue weighted by molar-refractivity contribution is -0.130. The van der Waals surface area contributed by atoms with Crippen LogP contribution in [-0.2, 0) is 9.53 Å². The third-order valence-electron chi connectivity index (χ3n) is 4.37. The monoisotopic (exact) mass is 323 g/mol. The summed E-state index contributed by atoms with van der Waals surface area (Å²) >= 11 is 0. The molecule has 1 heterocycles. The van der Waals surface area contributed by atoms with Gasteiger partial charge in [-0.2, -0.15) is 5.10 Å². The van der Waals surface area contributed by atoms with E-state index >= 15 is 0 Å². The number of amides is 2. The highest BCUT2D eigenvalue weighted by molar-refractivity contribution is 6.06. The van der Waals surface area contributed by atoms with Gasteiger partial charge < -0.3 is 9.64 Å². The number of carbonyl (C=O) groups is 2. The zero-order chi connectivity index (χ0) is 17.3. The fraction of sp³-hybridized carbons (Fsp3) is 0.824. The van der Waals surface area contributed by atoms with Crippen molar-refractivity contribution in [2.45, 2.75) is 65.4 Å². The number of hydrogen-bond donors (Lipinski definition) is 0. The van der Waals surface area contributed by atoms with Gasteiger partial charge in [0.2, 0.25) is 5.91 Å². The van der Waals surface area contributed by atoms with E-state index in [1.165, 1.54) is 17.7 Å². The Morgan fingerprint density at radius 2 is 1.96 bits per heavy atom. The molecule has 130 valence electrons. The Kier molecular flexibility index (Phi) is 5.01. The highest BCUT2D eigenvalue weighted by Crippen LogP contribution is 2.38. The van der Waals surface area contributed by atoms with E-state index in [2.05, 4.69) is 12.0 Å². The van der Waals surface area contributed by atoms with E-state index in [0.717, 1.165) is 18.6 Å². The minimum Gasteiger partial charge on any atom is -0.444 e. The van der Waals surface area contributed by atoms with Crippen LogP contribution in [0.15, 0.2) is 5.10 Å². The van der Waals surface area contributed by atoms with Crippen LogP contribution in [-0.4, -0.2) is 53.4 Å². The number of ether oxygens (including phenoxy) is 1. The molecular formula is C17H29N3O3. The molecule has 23 heavy (non-hydrogen) atoms. The minimum absolute atomic E-state index is 0.0331. The molecule has 1 aliphatic heterocycles. The summed E-state index contributed by atoms with van der Waals surface area (Å²) in [6, 6.07) is 0. The first-order valence-corrected chi connectivity index (χ1v) is 8.39. The largest absolute Gasteiger partial charge is 0.444 e. The second-order valence-corrected chi connectivity index (χ2v) is 8.15. The van der Waals surface area contributed by atoms with Crippen molar-refractivity contribution in [3.05, 3.63) is 0 Å². The molecular weight excluding hydrogens is 294 g/mol. The van der Waals surface area contributed by atoms with Gasteiger partial charge in [-0.15, -0.1) is 0 Å². The lowest BCUT2D eigenvalue weighted by Gasteiger charge is -2.27. The molecule has 0 aromatic carbocycles. The van der Waals surface area contributed by atoms with Gasteiger partial charge in [0.05, 0.1) is 18.7 Å². The predicted molar refractivity (Wildman–Crippen MR) is 89.2 cm³/mol. The van der Waals surface area contributed by atoms with Crippen molar-refractivity contribution in [1.82, 2.24) is 9.91 Å².